The molecule has 0 saturated carbocycles. The minimum atomic E-state index is -0.215. The molecule has 1 N–H and O–H groups in total. The van der Waals surface area contributed by atoms with Gasteiger partial charge in [0.1, 0.15) is 11.8 Å². The zero-order chi connectivity index (χ0) is 14.8. The van der Waals surface area contributed by atoms with Crippen LogP contribution in [0.2, 0.25) is 0 Å². The number of carbonyl (C=O) groups excluding carboxylic acids is 1. The molecule has 0 aliphatic heterocycles. The molecule has 20 heavy (non-hydrogen) atoms. The number of benzene rings is 1. The van der Waals surface area contributed by atoms with Gasteiger partial charge in [0.05, 0.1) is 18.2 Å². The summed E-state index contributed by atoms with van der Waals surface area (Å²) in [6.45, 7) is 2.42. The van der Waals surface area contributed by atoms with Crippen molar-refractivity contribution in [3.8, 4) is 11.8 Å². The summed E-state index contributed by atoms with van der Waals surface area (Å²) in [5, 5.41) is 11.8. The van der Waals surface area contributed by atoms with Crippen molar-refractivity contribution >= 4 is 5.91 Å². The molecule has 0 radical (unpaired) electrons. The first kappa shape index (κ1) is 16.0. The van der Waals surface area contributed by atoms with Crippen LogP contribution in [0.5, 0.6) is 5.75 Å². The third-order valence-corrected chi connectivity index (χ3v) is 2.74. The predicted molar refractivity (Wildman–Crippen MR) is 75.4 cm³/mol. The Morgan fingerprint density at radius 2 is 2.20 bits per heavy atom. The summed E-state index contributed by atoms with van der Waals surface area (Å²) >= 11 is 0. The number of nitrogens with one attached hydrogen (secondary N) is 1. The molecule has 0 heterocycles. The third-order valence-electron chi connectivity index (χ3n) is 2.74. The van der Waals surface area contributed by atoms with Gasteiger partial charge in [-0.2, -0.15) is 5.26 Å². The number of ether oxygens (including phenoxy) is 2. The van der Waals surface area contributed by atoms with Crippen LogP contribution in [-0.4, -0.2) is 32.3 Å². The Morgan fingerprint density at radius 3 is 2.85 bits per heavy atom. The fraction of sp³-hybridized carbons (Fsp3) is 0.467. The highest BCUT2D eigenvalue weighted by Crippen LogP contribution is 2.16. The predicted octanol–water partition coefficient (Wildman–Crippen LogP) is 1.87. The average molecular weight is 276 g/mol. The number of nitriles is 1. The summed E-state index contributed by atoms with van der Waals surface area (Å²) in [5.41, 5.74) is 0.419. The number of amides is 1. The molecule has 0 spiro atoms. The molecule has 0 aliphatic rings. The van der Waals surface area contributed by atoms with Gasteiger partial charge < -0.3 is 14.8 Å². The molecule has 0 bridgehead atoms. The van der Waals surface area contributed by atoms with Crippen LogP contribution in [0.4, 0.5) is 0 Å². The lowest BCUT2D eigenvalue weighted by atomic mass is 10.2. The van der Waals surface area contributed by atoms with E-state index in [4.69, 9.17) is 14.7 Å². The number of carbonyl (C=O) groups is 1. The highest BCUT2D eigenvalue weighted by molar-refractivity contribution is 5.77. The van der Waals surface area contributed by atoms with Crippen LogP contribution in [0.1, 0.15) is 25.3 Å². The third kappa shape index (κ3) is 5.29. The number of hydrogen-bond donors (Lipinski definition) is 1. The van der Waals surface area contributed by atoms with Gasteiger partial charge in [-0.05, 0) is 18.6 Å². The minimum Gasteiger partial charge on any atom is -0.482 e. The van der Waals surface area contributed by atoms with Crippen molar-refractivity contribution < 1.29 is 14.3 Å². The Labute approximate surface area is 119 Å². The molecular formula is C15H20N2O3. The van der Waals surface area contributed by atoms with Crippen LogP contribution in [0.15, 0.2) is 24.3 Å². The van der Waals surface area contributed by atoms with Crippen LogP contribution >= 0.6 is 0 Å². The maximum Gasteiger partial charge on any atom is 0.258 e. The molecule has 1 atom stereocenters. The van der Waals surface area contributed by atoms with E-state index in [-0.39, 0.29) is 18.6 Å². The Kier molecular flexibility index (Phi) is 7.15. The van der Waals surface area contributed by atoms with Gasteiger partial charge in [-0.3, -0.25) is 4.79 Å². The second-order valence-corrected chi connectivity index (χ2v) is 4.41. The minimum absolute atomic E-state index is 0.00712. The highest BCUT2D eigenvalue weighted by Gasteiger charge is 2.12. The zero-order valence-corrected chi connectivity index (χ0v) is 11.9. The van der Waals surface area contributed by atoms with E-state index in [1.165, 1.54) is 0 Å². The Hall–Kier alpha value is -2.06. The number of rotatable bonds is 8. The molecule has 1 amide bonds. The van der Waals surface area contributed by atoms with Crippen molar-refractivity contribution in [3.05, 3.63) is 29.8 Å². The molecule has 5 nitrogen and oxygen atoms in total. The lowest BCUT2D eigenvalue weighted by molar-refractivity contribution is -0.124. The van der Waals surface area contributed by atoms with Crippen molar-refractivity contribution in [1.82, 2.24) is 5.32 Å². The number of methoxy groups -OCH3 is 1. The highest BCUT2D eigenvalue weighted by atomic mass is 16.5. The van der Waals surface area contributed by atoms with E-state index < -0.39 is 0 Å². The molecule has 1 aromatic rings. The molecule has 1 aromatic carbocycles. The second kappa shape index (κ2) is 8.94. The number of nitrogens with zero attached hydrogens (tertiary/aromatic N) is 1. The normalized spacial score (nSPS) is 11.4. The maximum atomic E-state index is 11.8. The zero-order valence-electron chi connectivity index (χ0n) is 11.9. The summed E-state index contributed by atoms with van der Waals surface area (Å²) in [6, 6.07) is 8.85. The lowest BCUT2D eigenvalue weighted by Gasteiger charge is -2.17. The van der Waals surface area contributed by atoms with Crippen molar-refractivity contribution in [2.75, 3.05) is 20.3 Å². The largest absolute Gasteiger partial charge is 0.482 e. The summed E-state index contributed by atoms with van der Waals surface area (Å²) < 4.78 is 10.4. The van der Waals surface area contributed by atoms with E-state index >= 15 is 0 Å². The fourth-order valence-electron chi connectivity index (χ4n) is 1.84. The van der Waals surface area contributed by atoms with E-state index in [0.29, 0.717) is 17.9 Å². The standard InChI is InChI=1S/C15H20N2O3/c1-3-6-13(10-19-2)17-15(18)11-20-14-8-5-4-7-12(14)9-16/h4-5,7-8,13H,3,6,10-11H2,1-2H3,(H,17,18). The van der Waals surface area contributed by atoms with Crippen molar-refractivity contribution in [1.29, 1.82) is 5.26 Å². The summed E-state index contributed by atoms with van der Waals surface area (Å²) in [7, 11) is 1.61. The number of para-hydroxylation sites is 1. The van der Waals surface area contributed by atoms with Gasteiger partial charge >= 0.3 is 0 Å². The lowest BCUT2D eigenvalue weighted by Crippen LogP contribution is -2.40. The molecule has 0 fully saturated rings. The Morgan fingerprint density at radius 1 is 1.45 bits per heavy atom. The van der Waals surface area contributed by atoms with Gasteiger partial charge in [0.2, 0.25) is 0 Å². The SMILES string of the molecule is CCCC(COC)NC(=O)COc1ccccc1C#N. The van der Waals surface area contributed by atoms with Gasteiger partial charge in [0.15, 0.2) is 6.61 Å². The van der Waals surface area contributed by atoms with Crippen molar-refractivity contribution in [2.24, 2.45) is 0 Å². The maximum absolute atomic E-state index is 11.8. The topological polar surface area (TPSA) is 71.3 Å². The molecule has 0 saturated heterocycles. The van der Waals surface area contributed by atoms with Crippen LogP contribution in [0.3, 0.4) is 0 Å². The van der Waals surface area contributed by atoms with E-state index in [0.717, 1.165) is 12.8 Å². The van der Waals surface area contributed by atoms with E-state index in [9.17, 15) is 4.79 Å². The molecular weight excluding hydrogens is 256 g/mol. The molecule has 5 heteroatoms. The first-order valence-corrected chi connectivity index (χ1v) is 6.61. The first-order chi connectivity index (χ1) is 9.71. The van der Waals surface area contributed by atoms with Gasteiger partial charge in [-0.15, -0.1) is 0 Å². The van der Waals surface area contributed by atoms with Gasteiger partial charge in [0, 0.05) is 7.11 Å². The molecule has 0 aliphatic carbocycles. The molecule has 1 unspecified atom stereocenters. The molecule has 0 aromatic heterocycles. The van der Waals surface area contributed by atoms with E-state index in [1.54, 1.807) is 31.4 Å². The fourth-order valence-corrected chi connectivity index (χ4v) is 1.84. The average Bonchev–Trinajstić information content (AvgIpc) is 2.46. The van der Waals surface area contributed by atoms with Gasteiger partial charge in [-0.1, -0.05) is 25.5 Å². The summed E-state index contributed by atoms with van der Waals surface area (Å²) in [5.74, 6) is 0.206. The van der Waals surface area contributed by atoms with Crippen molar-refractivity contribution in [2.45, 2.75) is 25.8 Å². The summed E-state index contributed by atoms with van der Waals surface area (Å²) in [6.07, 6.45) is 1.82. The smallest absolute Gasteiger partial charge is 0.258 e. The quantitative estimate of drug-likeness (QED) is 0.786. The first-order valence-electron chi connectivity index (χ1n) is 6.61. The monoisotopic (exact) mass is 276 g/mol. The van der Waals surface area contributed by atoms with Gasteiger partial charge in [-0.25, -0.2) is 0 Å². The molecule has 108 valence electrons. The van der Waals surface area contributed by atoms with Crippen LogP contribution < -0.4 is 10.1 Å². The van der Waals surface area contributed by atoms with Gasteiger partial charge in [0.25, 0.3) is 5.91 Å². The number of hydrogen-bond acceptors (Lipinski definition) is 4. The Bertz CT molecular complexity index is 462. The second-order valence-electron chi connectivity index (χ2n) is 4.41. The van der Waals surface area contributed by atoms with Crippen molar-refractivity contribution in [3.63, 3.8) is 0 Å². The van der Waals surface area contributed by atoms with E-state index in [2.05, 4.69) is 12.2 Å². The summed E-state index contributed by atoms with van der Waals surface area (Å²) in [4.78, 5) is 11.8. The van der Waals surface area contributed by atoms with E-state index in [1.807, 2.05) is 6.07 Å². The van der Waals surface area contributed by atoms with Crippen LogP contribution in [0.25, 0.3) is 0 Å². The van der Waals surface area contributed by atoms with Crippen LogP contribution in [-0.2, 0) is 9.53 Å². The Balaban J connectivity index is 2.48. The molecule has 1 rings (SSSR count). The van der Waals surface area contributed by atoms with Crippen LogP contribution in [0, 0.1) is 11.3 Å².